The van der Waals surface area contributed by atoms with Gasteiger partial charge in [-0.15, -0.1) is 6.58 Å². The Balaban J connectivity index is 4.57. The molecule has 0 bridgehead atoms. The second kappa shape index (κ2) is 5.40. The summed E-state index contributed by atoms with van der Waals surface area (Å²) in [6, 6.07) is 0.477. The Morgan fingerprint density at radius 2 is 2.08 bits per heavy atom. The smallest absolute Gasteiger partial charge is 0.0328 e. The van der Waals surface area contributed by atoms with E-state index in [0.717, 1.165) is 12.8 Å². The summed E-state index contributed by atoms with van der Waals surface area (Å²) >= 11 is 0. The van der Waals surface area contributed by atoms with Crippen molar-refractivity contribution in [1.29, 1.82) is 0 Å². The molecule has 0 spiro atoms. The van der Waals surface area contributed by atoms with Gasteiger partial charge in [0.2, 0.25) is 0 Å². The van der Waals surface area contributed by atoms with E-state index in [1.165, 1.54) is 0 Å². The zero-order valence-electron chi connectivity index (χ0n) is 9.72. The molecular weight excluding hydrogens is 160 g/mol. The molecule has 0 saturated heterocycles. The van der Waals surface area contributed by atoms with Crippen molar-refractivity contribution < 1.29 is 0 Å². The molecule has 2 heteroatoms. The molecule has 2 atom stereocenters. The summed E-state index contributed by atoms with van der Waals surface area (Å²) in [6.45, 7) is 8.32. The molecule has 2 nitrogen and oxygen atoms in total. The van der Waals surface area contributed by atoms with Gasteiger partial charge < -0.3 is 10.2 Å². The molecule has 0 aliphatic rings. The van der Waals surface area contributed by atoms with Crippen molar-refractivity contribution in [3.8, 4) is 0 Å². The van der Waals surface area contributed by atoms with E-state index in [0.29, 0.717) is 6.04 Å². The van der Waals surface area contributed by atoms with Crippen LogP contribution < -0.4 is 5.32 Å². The Hall–Kier alpha value is -0.340. The number of hydrogen-bond donors (Lipinski definition) is 1. The van der Waals surface area contributed by atoms with Crippen LogP contribution in [0.25, 0.3) is 0 Å². The van der Waals surface area contributed by atoms with Crippen LogP contribution in [0.1, 0.15) is 26.7 Å². The summed E-state index contributed by atoms with van der Waals surface area (Å²) in [4.78, 5) is 2.29. The second-order valence-electron chi connectivity index (χ2n) is 3.97. The van der Waals surface area contributed by atoms with Crippen molar-refractivity contribution in [2.75, 3.05) is 21.1 Å². The molecule has 0 fully saturated rings. The molecule has 0 aromatic carbocycles. The van der Waals surface area contributed by atoms with Gasteiger partial charge in [-0.1, -0.05) is 13.0 Å². The van der Waals surface area contributed by atoms with Gasteiger partial charge >= 0.3 is 0 Å². The van der Waals surface area contributed by atoms with E-state index in [4.69, 9.17) is 0 Å². The number of nitrogens with zero attached hydrogens (tertiary/aromatic N) is 1. The zero-order valence-corrected chi connectivity index (χ0v) is 9.72. The summed E-state index contributed by atoms with van der Waals surface area (Å²) in [5.41, 5.74) is 0.211. The third-order valence-electron chi connectivity index (χ3n) is 3.24. The van der Waals surface area contributed by atoms with Crippen LogP contribution in [0.3, 0.4) is 0 Å². The summed E-state index contributed by atoms with van der Waals surface area (Å²) in [5, 5.41) is 3.36. The van der Waals surface area contributed by atoms with Gasteiger partial charge in [-0.2, -0.15) is 0 Å². The number of nitrogens with one attached hydrogen (secondary N) is 1. The zero-order chi connectivity index (χ0) is 10.5. The molecular formula is C11H24N2. The topological polar surface area (TPSA) is 15.3 Å². The van der Waals surface area contributed by atoms with Gasteiger partial charge in [0.05, 0.1) is 0 Å². The third-order valence-corrected chi connectivity index (χ3v) is 3.24. The summed E-state index contributed by atoms with van der Waals surface area (Å²) in [5.74, 6) is 0. The van der Waals surface area contributed by atoms with Crippen LogP contribution >= 0.6 is 0 Å². The molecule has 78 valence electrons. The Morgan fingerprint density at radius 3 is 2.31 bits per heavy atom. The van der Waals surface area contributed by atoms with Crippen LogP contribution in [0.5, 0.6) is 0 Å². The highest BCUT2D eigenvalue weighted by Gasteiger charge is 2.32. The maximum absolute atomic E-state index is 3.80. The van der Waals surface area contributed by atoms with E-state index in [9.17, 15) is 0 Å². The van der Waals surface area contributed by atoms with Crippen molar-refractivity contribution >= 4 is 0 Å². The molecule has 1 N–H and O–H groups in total. The Labute approximate surface area is 83.0 Å². The minimum absolute atomic E-state index is 0.211. The average Bonchev–Trinajstić information content (AvgIpc) is 2.12. The fourth-order valence-electron chi connectivity index (χ4n) is 1.72. The van der Waals surface area contributed by atoms with Crippen molar-refractivity contribution in [3.63, 3.8) is 0 Å². The molecule has 0 radical (unpaired) electrons. The fraction of sp³-hybridized carbons (Fsp3) is 0.818. The van der Waals surface area contributed by atoms with Crippen molar-refractivity contribution in [3.05, 3.63) is 12.7 Å². The molecule has 0 saturated carbocycles. The van der Waals surface area contributed by atoms with E-state index in [-0.39, 0.29) is 5.54 Å². The van der Waals surface area contributed by atoms with Crippen LogP contribution in [0, 0.1) is 0 Å². The van der Waals surface area contributed by atoms with Crippen LogP contribution in [0.15, 0.2) is 12.7 Å². The first-order chi connectivity index (χ1) is 6.02. The number of hydrogen-bond acceptors (Lipinski definition) is 2. The highest BCUT2D eigenvalue weighted by Crippen LogP contribution is 2.22. The van der Waals surface area contributed by atoms with Crippen LogP contribution in [-0.2, 0) is 0 Å². The molecule has 0 aromatic heterocycles. The maximum atomic E-state index is 3.80. The second-order valence-corrected chi connectivity index (χ2v) is 3.97. The summed E-state index contributed by atoms with van der Waals surface area (Å²) in [6.07, 6.45) is 4.14. The first-order valence-electron chi connectivity index (χ1n) is 4.98. The van der Waals surface area contributed by atoms with Crippen LogP contribution in [0.4, 0.5) is 0 Å². The van der Waals surface area contributed by atoms with Crippen molar-refractivity contribution in [1.82, 2.24) is 10.2 Å². The van der Waals surface area contributed by atoms with E-state index < -0.39 is 0 Å². The van der Waals surface area contributed by atoms with Gasteiger partial charge in [0, 0.05) is 11.6 Å². The van der Waals surface area contributed by atoms with Gasteiger partial charge in [-0.3, -0.25) is 0 Å². The first kappa shape index (κ1) is 12.7. The minimum atomic E-state index is 0.211. The van der Waals surface area contributed by atoms with Gasteiger partial charge in [-0.05, 0) is 40.9 Å². The average molecular weight is 184 g/mol. The fourth-order valence-corrected chi connectivity index (χ4v) is 1.72. The lowest BCUT2D eigenvalue weighted by Crippen LogP contribution is -2.55. The Bertz CT molecular complexity index is 154. The lowest BCUT2D eigenvalue weighted by atomic mass is 9.86. The quantitative estimate of drug-likeness (QED) is 0.634. The van der Waals surface area contributed by atoms with Gasteiger partial charge in [0.25, 0.3) is 0 Å². The lowest BCUT2D eigenvalue weighted by Gasteiger charge is -2.42. The van der Waals surface area contributed by atoms with Crippen LogP contribution in [-0.4, -0.2) is 37.6 Å². The monoisotopic (exact) mass is 184 g/mol. The maximum Gasteiger partial charge on any atom is 0.0328 e. The van der Waals surface area contributed by atoms with Gasteiger partial charge in [0.15, 0.2) is 0 Å². The van der Waals surface area contributed by atoms with Crippen molar-refractivity contribution in [2.45, 2.75) is 38.3 Å². The molecule has 0 heterocycles. The third kappa shape index (κ3) is 2.82. The lowest BCUT2D eigenvalue weighted by molar-refractivity contribution is 0.118. The molecule has 0 aromatic rings. The Morgan fingerprint density at radius 1 is 1.54 bits per heavy atom. The summed E-state index contributed by atoms with van der Waals surface area (Å²) < 4.78 is 0. The molecule has 0 aliphatic carbocycles. The van der Waals surface area contributed by atoms with Gasteiger partial charge in [-0.25, -0.2) is 0 Å². The summed E-state index contributed by atoms with van der Waals surface area (Å²) in [7, 11) is 6.29. The largest absolute Gasteiger partial charge is 0.315 e. The SMILES string of the molecule is C=CCC(NC)C(C)(CC)N(C)C. The Kier molecular flexibility index (Phi) is 5.26. The normalized spacial score (nSPS) is 18.3. The van der Waals surface area contributed by atoms with E-state index in [1.54, 1.807) is 0 Å². The molecule has 0 rings (SSSR count). The highest BCUT2D eigenvalue weighted by atomic mass is 15.2. The van der Waals surface area contributed by atoms with Crippen molar-refractivity contribution in [2.24, 2.45) is 0 Å². The van der Waals surface area contributed by atoms with E-state index in [2.05, 4.69) is 44.7 Å². The standard InChI is InChI=1S/C11H24N2/c1-7-9-10(12-4)11(3,8-2)13(5)6/h7,10,12H,1,8-9H2,2-6H3. The van der Waals surface area contributed by atoms with E-state index in [1.807, 2.05) is 13.1 Å². The van der Waals surface area contributed by atoms with E-state index >= 15 is 0 Å². The molecule has 0 aliphatic heterocycles. The number of likely N-dealkylation sites (N-methyl/N-ethyl adjacent to an activating group) is 2. The molecule has 13 heavy (non-hydrogen) atoms. The molecule has 2 unspecified atom stereocenters. The van der Waals surface area contributed by atoms with Crippen LogP contribution in [0.2, 0.25) is 0 Å². The predicted octanol–water partition coefficient (Wildman–Crippen LogP) is 1.88. The predicted molar refractivity (Wildman–Crippen MR) is 60.0 cm³/mol. The number of rotatable bonds is 6. The highest BCUT2D eigenvalue weighted by molar-refractivity contribution is 4.96. The minimum Gasteiger partial charge on any atom is -0.315 e. The molecule has 0 amide bonds. The first-order valence-corrected chi connectivity index (χ1v) is 4.98. The van der Waals surface area contributed by atoms with Gasteiger partial charge in [0.1, 0.15) is 0 Å².